The molecule has 0 aliphatic carbocycles. The van der Waals surface area contributed by atoms with Gasteiger partial charge in [0.15, 0.2) is 0 Å². The summed E-state index contributed by atoms with van der Waals surface area (Å²) in [5, 5.41) is 3.56. The van der Waals surface area contributed by atoms with Crippen molar-refractivity contribution in [3.8, 4) is 0 Å². The van der Waals surface area contributed by atoms with Crippen LogP contribution in [0.3, 0.4) is 0 Å². The molecule has 0 saturated carbocycles. The molecule has 1 aromatic rings. The quantitative estimate of drug-likeness (QED) is 0.892. The Morgan fingerprint density at radius 1 is 1.47 bits per heavy atom. The van der Waals surface area contributed by atoms with Gasteiger partial charge in [0.1, 0.15) is 5.82 Å². The first-order chi connectivity index (χ1) is 9.20. The van der Waals surface area contributed by atoms with Gasteiger partial charge in [-0.1, -0.05) is 28.9 Å². The van der Waals surface area contributed by atoms with Gasteiger partial charge in [-0.3, -0.25) is 0 Å². The number of halogens is 2. The predicted molar refractivity (Wildman–Crippen MR) is 78.8 cm³/mol. The lowest BCUT2D eigenvalue weighted by Gasteiger charge is -2.32. The third-order valence-corrected chi connectivity index (χ3v) is 4.12. The van der Waals surface area contributed by atoms with Crippen molar-refractivity contribution in [3.63, 3.8) is 0 Å². The minimum Gasteiger partial charge on any atom is -0.381 e. The molecule has 0 bridgehead atoms. The van der Waals surface area contributed by atoms with Crippen molar-refractivity contribution < 1.29 is 9.13 Å². The Morgan fingerprint density at radius 3 is 3.05 bits per heavy atom. The summed E-state index contributed by atoms with van der Waals surface area (Å²) < 4.78 is 20.2. The van der Waals surface area contributed by atoms with E-state index >= 15 is 0 Å². The standard InChI is InChI=1S/C15H21BrFNO/c1-2-6-18-15-5-7-19-10-12(15)8-11-3-4-13(16)9-14(11)17/h3-4,9,12,15,18H,2,5-8,10H2,1H3. The molecule has 0 amide bonds. The van der Waals surface area contributed by atoms with Crippen molar-refractivity contribution in [1.82, 2.24) is 5.32 Å². The second kappa shape index (κ2) is 7.36. The third-order valence-electron chi connectivity index (χ3n) is 3.63. The lowest BCUT2D eigenvalue weighted by Crippen LogP contribution is -2.44. The van der Waals surface area contributed by atoms with Crippen LogP contribution in [0, 0.1) is 11.7 Å². The van der Waals surface area contributed by atoms with E-state index in [2.05, 4.69) is 28.2 Å². The zero-order valence-electron chi connectivity index (χ0n) is 11.3. The number of hydrogen-bond acceptors (Lipinski definition) is 2. The molecule has 1 heterocycles. The van der Waals surface area contributed by atoms with Crippen molar-refractivity contribution in [2.45, 2.75) is 32.2 Å². The van der Waals surface area contributed by atoms with Crippen LogP contribution in [-0.2, 0) is 11.2 Å². The number of benzene rings is 1. The Bertz CT molecular complexity index is 413. The van der Waals surface area contributed by atoms with E-state index in [0.29, 0.717) is 12.0 Å². The topological polar surface area (TPSA) is 21.3 Å². The maximum Gasteiger partial charge on any atom is 0.127 e. The summed E-state index contributed by atoms with van der Waals surface area (Å²) in [7, 11) is 0. The number of rotatable bonds is 5. The summed E-state index contributed by atoms with van der Waals surface area (Å²) in [6, 6.07) is 5.74. The predicted octanol–water partition coefficient (Wildman–Crippen LogP) is 3.54. The maximum absolute atomic E-state index is 13.9. The second-order valence-electron chi connectivity index (χ2n) is 5.12. The average Bonchev–Trinajstić information content (AvgIpc) is 2.41. The smallest absolute Gasteiger partial charge is 0.127 e. The van der Waals surface area contributed by atoms with Gasteiger partial charge in [-0.25, -0.2) is 4.39 Å². The van der Waals surface area contributed by atoms with Crippen LogP contribution in [0.4, 0.5) is 4.39 Å². The SMILES string of the molecule is CCCNC1CCOCC1Cc1ccc(Br)cc1F. The zero-order chi connectivity index (χ0) is 13.7. The van der Waals surface area contributed by atoms with Gasteiger partial charge in [0.05, 0.1) is 6.61 Å². The van der Waals surface area contributed by atoms with E-state index in [9.17, 15) is 4.39 Å². The molecule has 1 aromatic carbocycles. The first-order valence-corrected chi connectivity index (χ1v) is 7.75. The fraction of sp³-hybridized carbons (Fsp3) is 0.600. The molecular formula is C15H21BrFNO. The Kier molecular flexibility index (Phi) is 5.79. The van der Waals surface area contributed by atoms with Crippen LogP contribution in [0.15, 0.2) is 22.7 Å². The van der Waals surface area contributed by atoms with Gasteiger partial charge in [0.25, 0.3) is 0 Å². The molecule has 106 valence electrons. The van der Waals surface area contributed by atoms with Crippen molar-refractivity contribution in [1.29, 1.82) is 0 Å². The fourth-order valence-electron chi connectivity index (χ4n) is 2.57. The van der Waals surface area contributed by atoms with Crippen LogP contribution in [0.2, 0.25) is 0 Å². The highest BCUT2D eigenvalue weighted by atomic mass is 79.9. The molecule has 2 rings (SSSR count). The van der Waals surface area contributed by atoms with Gasteiger partial charge in [-0.05, 0) is 43.5 Å². The minimum absolute atomic E-state index is 0.130. The Balaban J connectivity index is 2.02. The molecule has 1 aliphatic heterocycles. The van der Waals surface area contributed by atoms with Gasteiger partial charge in [-0.15, -0.1) is 0 Å². The van der Waals surface area contributed by atoms with Gasteiger partial charge in [0.2, 0.25) is 0 Å². The van der Waals surface area contributed by atoms with Crippen LogP contribution in [0.5, 0.6) is 0 Å². The van der Waals surface area contributed by atoms with Crippen molar-refractivity contribution in [2.75, 3.05) is 19.8 Å². The lowest BCUT2D eigenvalue weighted by molar-refractivity contribution is 0.0320. The molecule has 0 aromatic heterocycles. The monoisotopic (exact) mass is 329 g/mol. The molecule has 4 heteroatoms. The van der Waals surface area contributed by atoms with Gasteiger partial charge in [-0.2, -0.15) is 0 Å². The molecule has 19 heavy (non-hydrogen) atoms. The van der Waals surface area contributed by atoms with E-state index in [-0.39, 0.29) is 5.82 Å². The van der Waals surface area contributed by atoms with Gasteiger partial charge >= 0.3 is 0 Å². The summed E-state index contributed by atoms with van der Waals surface area (Å²) in [6.07, 6.45) is 2.88. The Hall–Kier alpha value is -0.450. The van der Waals surface area contributed by atoms with Crippen LogP contribution < -0.4 is 5.32 Å². The zero-order valence-corrected chi connectivity index (χ0v) is 12.9. The van der Waals surface area contributed by atoms with E-state index in [1.807, 2.05) is 12.1 Å². The third kappa shape index (κ3) is 4.26. The van der Waals surface area contributed by atoms with Crippen LogP contribution in [0.1, 0.15) is 25.3 Å². The van der Waals surface area contributed by atoms with Crippen molar-refractivity contribution in [2.24, 2.45) is 5.92 Å². The summed E-state index contributed by atoms with van der Waals surface area (Å²) in [5.74, 6) is 0.227. The van der Waals surface area contributed by atoms with Crippen LogP contribution in [0.25, 0.3) is 0 Å². The number of hydrogen-bond donors (Lipinski definition) is 1. The second-order valence-corrected chi connectivity index (χ2v) is 6.04. The molecule has 2 nitrogen and oxygen atoms in total. The Morgan fingerprint density at radius 2 is 2.32 bits per heavy atom. The summed E-state index contributed by atoms with van der Waals surface area (Å²) in [4.78, 5) is 0. The fourth-order valence-corrected chi connectivity index (χ4v) is 2.90. The van der Waals surface area contributed by atoms with E-state index in [1.54, 1.807) is 0 Å². The highest BCUT2D eigenvalue weighted by molar-refractivity contribution is 9.10. The Labute approximate surface area is 122 Å². The highest BCUT2D eigenvalue weighted by Gasteiger charge is 2.26. The largest absolute Gasteiger partial charge is 0.381 e. The summed E-state index contributed by atoms with van der Waals surface area (Å²) in [5.41, 5.74) is 0.780. The van der Waals surface area contributed by atoms with Gasteiger partial charge in [0, 0.05) is 23.0 Å². The normalized spacial score (nSPS) is 23.5. The van der Waals surface area contributed by atoms with Crippen LogP contribution >= 0.6 is 15.9 Å². The highest BCUT2D eigenvalue weighted by Crippen LogP contribution is 2.23. The van der Waals surface area contributed by atoms with E-state index in [1.165, 1.54) is 6.07 Å². The van der Waals surface area contributed by atoms with E-state index in [4.69, 9.17) is 4.74 Å². The summed E-state index contributed by atoms with van der Waals surface area (Å²) >= 11 is 3.29. The first-order valence-electron chi connectivity index (χ1n) is 6.95. The molecule has 0 radical (unpaired) electrons. The maximum atomic E-state index is 13.9. The number of ether oxygens (including phenoxy) is 1. The molecule has 1 aliphatic rings. The number of nitrogens with one attached hydrogen (secondary N) is 1. The molecule has 1 N–H and O–H groups in total. The molecular weight excluding hydrogens is 309 g/mol. The summed E-state index contributed by atoms with van der Waals surface area (Å²) in [6.45, 7) is 4.71. The van der Waals surface area contributed by atoms with Crippen LogP contribution in [-0.4, -0.2) is 25.8 Å². The molecule has 1 saturated heterocycles. The lowest BCUT2D eigenvalue weighted by atomic mass is 9.89. The van der Waals surface area contributed by atoms with E-state index < -0.39 is 0 Å². The minimum atomic E-state index is -0.130. The average molecular weight is 330 g/mol. The van der Waals surface area contributed by atoms with Crippen molar-refractivity contribution >= 4 is 15.9 Å². The molecule has 0 spiro atoms. The molecule has 1 fully saturated rings. The molecule has 2 unspecified atom stereocenters. The van der Waals surface area contributed by atoms with Crippen molar-refractivity contribution in [3.05, 3.63) is 34.1 Å². The van der Waals surface area contributed by atoms with E-state index in [0.717, 1.165) is 49.1 Å². The molecule has 2 atom stereocenters. The van der Waals surface area contributed by atoms with Gasteiger partial charge < -0.3 is 10.1 Å². The first kappa shape index (κ1) is 14.9.